The van der Waals surface area contributed by atoms with Gasteiger partial charge in [-0.1, -0.05) is 84.3 Å². The predicted molar refractivity (Wildman–Crippen MR) is 155 cm³/mol. The third-order valence-electron chi connectivity index (χ3n) is 6.77. The molecule has 222 valence electrons. The van der Waals surface area contributed by atoms with Gasteiger partial charge in [-0.05, 0) is 37.5 Å². The van der Waals surface area contributed by atoms with E-state index in [0.29, 0.717) is 17.6 Å². The molecule has 0 saturated heterocycles. The van der Waals surface area contributed by atoms with E-state index in [1.165, 1.54) is 64.0 Å². The lowest BCUT2D eigenvalue weighted by Gasteiger charge is -2.24. The number of rotatable bonds is 24. The second-order valence-electron chi connectivity index (χ2n) is 12.4. The van der Waals surface area contributed by atoms with Crippen LogP contribution in [0.25, 0.3) is 0 Å². The second-order valence-corrected chi connectivity index (χ2v) is 13.9. The molecule has 1 N–H and O–H groups in total. The lowest BCUT2D eigenvalue weighted by atomic mass is 9.91. The minimum atomic E-state index is -4.10. The molecule has 0 spiro atoms. The van der Waals surface area contributed by atoms with Crippen molar-refractivity contribution in [2.24, 2.45) is 17.8 Å². The van der Waals surface area contributed by atoms with E-state index >= 15 is 0 Å². The van der Waals surface area contributed by atoms with E-state index in [2.05, 4.69) is 40.7 Å². The van der Waals surface area contributed by atoms with Crippen LogP contribution < -0.4 is 0 Å². The lowest BCUT2D eigenvalue weighted by molar-refractivity contribution is -0.870. The zero-order chi connectivity index (χ0) is 28.3. The Bertz CT molecular complexity index is 634. The predicted octanol–water partition coefficient (Wildman–Crippen LogP) is 7.24. The van der Waals surface area contributed by atoms with E-state index in [1.54, 1.807) is 0 Å². The van der Waals surface area contributed by atoms with Crippen LogP contribution in [0.5, 0.6) is 0 Å². The topological polar surface area (TPSA) is 74.2 Å². The van der Waals surface area contributed by atoms with Gasteiger partial charge in [-0.3, -0.25) is 9.05 Å². The van der Waals surface area contributed by atoms with Crippen LogP contribution in [0, 0.1) is 17.8 Å². The van der Waals surface area contributed by atoms with E-state index in [1.807, 2.05) is 21.1 Å². The molecule has 7 nitrogen and oxygen atoms in total. The normalized spacial score (nSPS) is 17.1. The minimum absolute atomic E-state index is 0.0635. The van der Waals surface area contributed by atoms with Gasteiger partial charge in [-0.25, -0.2) is 4.57 Å². The molecule has 0 radical (unpaired) electrons. The van der Waals surface area contributed by atoms with E-state index < -0.39 is 13.9 Å². The Morgan fingerprint density at radius 1 is 0.892 bits per heavy atom. The van der Waals surface area contributed by atoms with Crippen LogP contribution in [-0.2, 0) is 23.1 Å². The van der Waals surface area contributed by atoms with Crippen LogP contribution in [0.2, 0.25) is 0 Å². The number of likely N-dealkylation sites (N-methyl/N-ethyl adjacent to an activating group) is 1. The molecule has 8 heteroatoms. The number of ether oxygens (including phenoxy) is 2. The summed E-state index contributed by atoms with van der Waals surface area (Å²) < 4.78 is 33.8. The molecule has 0 aliphatic heterocycles. The third kappa shape index (κ3) is 24.5. The SMILES string of the molecule is COC(COC/C=C(\C)CCCC(C)CCCC(C)CCCC(C)C)COP(=O)(O)OCC[N+](C)(C)C. The zero-order valence-electron chi connectivity index (χ0n) is 25.7. The average Bonchev–Trinajstić information content (AvgIpc) is 2.77. The Morgan fingerprint density at radius 3 is 2.00 bits per heavy atom. The van der Waals surface area contributed by atoms with Crippen LogP contribution in [0.4, 0.5) is 0 Å². The average molecular weight is 551 g/mol. The fourth-order valence-corrected chi connectivity index (χ4v) is 4.78. The van der Waals surface area contributed by atoms with E-state index in [0.717, 1.165) is 24.2 Å². The second kappa shape index (κ2) is 20.6. The maximum atomic E-state index is 12.0. The summed E-state index contributed by atoms with van der Waals surface area (Å²) in [5.41, 5.74) is 1.33. The Morgan fingerprint density at radius 2 is 1.46 bits per heavy atom. The van der Waals surface area contributed by atoms with Gasteiger partial charge in [0, 0.05) is 7.11 Å². The highest BCUT2D eigenvalue weighted by Crippen LogP contribution is 2.43. The molecular formula is C29H61NO6P+. The molecule has 0 aromatic carbocycles. The first-order valence-corrected chi connectivity index (χ1v) is 15.9. The molecular weight excluding hydrogens is 489 g/mol. The van der Waals surface area contributed by atoms with E-state index in [-0.39, 0.29) is 19.8 Å². The van der Waals surface area contributed by atoms with Gasteiger partial charge in [0.2, 0.25) is 0 Å². The summed E-state index contributed by atoms with van der Waals surface area (Å²) in [4.78, 5) is 9.84. The Hall–Kier alpha value is -0.270. The van der Waals surface area contributed by atoms with Crippen molar-refractivity contribution in [2.75, 3.05) is 61.2 Å². The first-order chi connectivity index (χ1) is 17.2. The number of hydrogen-bond donors (Lipinski definition) is 1. The lowest BCUT2D eigenvalue weighted by Crippen LogP contribution is -2.37. The largest absolute Gasteiger partial charge is 0.472 e. The van der Waals surface area contributed by atoms with Gasteiger partial charge >= 0.3 is 7.82 Å². The third-order valence-corrected chi connectivity index (χ3v) is 7.75. The number of nitrogens with zero attached hydrogens (tertiary/aromatic N) is 1. The number of quaternary nitrogens is 1. The van der Waals surface area contributed by atoms with Gasteiger partial charge < -0.3 is 18.9 Å². The standard InChI is InChI=1S/C29H60NO6P/c1-25(2)13-10-14-26(3)15-11-16-27(4)17-12-18-28(5)19-21-34-23-29(33-9)24-36-37(31,32)35-22-20-30(6,7)8/h19,25-27,29H,10-18,20-24H2,1-9H3/p+1/b28-19+. The van der Waals surface area contributed by atoms with Gasteiger partial charge in [0.25, 0.3) is 0 Å². The molecule has 0 saturated carbocycles. The van der Waals surface area contributed by atoms with Gasteiger partial charge in [-0.15, -0.1) is 0 Å². The summed E-state index contributed by atoms with van der Waals surface area (Å²) >= 11 is 0. The maximum Gasteiger partial charge on any atom is 0.472 e. The van der Waals surface area contributed by atoms with Crippen LogP contribution >= 0.6 is 7.82 Å². The molecule has 37 heavy (non-hydrogen) atoms. The Balaban J connectivity index is 3.98. The van der Waals surface area contributed by atoms with Crippen LogP contribution in [0.3, 0.4) is 0 Å². The van der Waals surface area contributed by atoms with Crippen molar-refractivity contribution in [3.8, 4) is 0 Å². The molecule has 0 rings (SSSR count). The molecule has 4 unspecified atom stereocenters. The number of phosphoric ester groups is 1. The molecule has 0 aromatic heterocycles. The summed E-state index contributed by atoms with van der Waals surface area (Å²) in [6.45, 7) is 13.0. The van der Waals surface area contributed by atoms with Gasteiger partial charge in [0.15, 0.2) is 0 Å². The van der Waals surface area contributed by atoms with Crippen molar-refractivity contribution in [1.82, 2.24) is 0 Å². The van der Waals surface area contributed by atoms with Crippen molar-refractivity contribution in [3.63, 3.8) is 0 Å². The highest BCUT2D eigenvalue weighted by Gasteiger charge is 2.24. The van der Waals surface area contributed by atoms with Crippen molar-refractivity contribution in [2.45, 2.75) is 98.5 Å². The number of methoxy groups -OCH3 is 1. The summed E-state index contributed by atoms with van der Waals surface area (Å²) in [5.74, 6) is 2.48. The van der Waals surface area contributed by atoms with Crippen molar-refractivity contribution >= 4 is 7.82 Å². The van der Waals surface area contributed by atoms with Crippen molar-refractivity contribution in [3.05, 3.63) is 11.6 Å². The Labute approximate surface area is 229 Å². The molecule has 0 fully saturated rings. The van der Waals surface area contributed by atoms with Gasteiger partial charge in [0.1, 0.15) is 19.3 Å². The highest BCUT2D eigenvalue weighted by molar-refractivity contribution is 7.47. The first kappa shape index (κ1) is 36.7. The molecule has 0 heterocycles. The summed E-state index contributed by atoms with van der Waals surface area (Å²) in [7, 11) is 3.39. The van der Waals surface area contributed by atoms with Crippen molar-refractivity contribution < 1.29 is 32.5 Å². The molecule has 4 atom stereocenters. The van der Waals surface area contributed by atoms with Crippen LogP contribution in [0.1, 0.15) is 92.4 Å². The fraction of sp³-hybridized carbons (Fsp3) is 0.931. The molecule has 0 aliphatic rings. The van der Waals surface area contributed by atoms with Crippen molar-refractivity contribution in [1.29, 1.82) is 0 Å². The fourth-order valence-electron chi connectivity index (χ4n) is 4.04. The number of hydrogen-bond acceptors (Lipinski definition) is 5. The first-order valence-electron chi connectivity index (χ1n) is 14.4. The van der Waals surface area contributed by atoms with Gasteiger partial charge in [-0.2, -0.15) is 0 Å². The molecule has 0 amide bonds. The molecule has 0 aromatic rings. The van der Waals surface area contributed by atoms with Crippen LogP contribution in [0.15, 0.2) is 11.6 Å². The number of allylic oxidation sites excluding steroid dienone is 1. The van der Waals surface area contributed by atoms with Gasteiger partial charge in [0.05, 0.1) is 41.0 Å². The highest BCUT2D eigenvalue weighted by atomic mass is 31.2. The quantitative estimate of drug-likeness (QED) is 0.0591. The van der Waals surface area contributed by atoms with E-state index in [9.17, 15) is 9.46 Å². The smallest absolute Gasteiger partial charge is 0.377 e. The Kier molecular flexibility index (Phi) is 20.5. The summed E-state index contributed by atoms with van der Waals surface area (Å²) in [5, 5.41) is 0. The maximum absolute atomic E-state index is 12.0. The molecule has 0 bridgehead atoms. The summed E-state index contributed by atoms with van der Waals surface area (Å²) in [6, 6.07) is 0. The van der Waals surface area contributed by atoms with E-state index in [4.69, 9.17) is 18.5 Å². The minimum Gasteiger partial charge on any atom is -0.377 e. The zero-order valence-corrected chi connectivity index (χ0v) is 26.6. The monoisotopic (exact) mass is 550 g/mol. The molecule has 0 aliphatic carbocycles. The van der Waals surface area contributed by atoms with Crippen LogP contribution in [-0.4, -0.2) is 76.7 Å². The number of phosphoric acid groups is 1. The summed E-state index contributed by atoms with van der Waals surface area (Å²) in [6.07, 6.45) is 13.4.